The number of aryl methyl sites for hydroxylation is 1. The second-order valence-electron chi connectivity index (χ2n) is 6.28. The SMILES string of the molecule is COc1ccc(C)cc1-c1csc(NC(=O)CNC(=O)[C@@H](N)C(C)C)n1. The molecule has 0 saturated heterocycles. The van der Waals surface area contributed by atoms with E-state index in [-0.39, 0.29) is 24.3 Å². The van der Waals surface area contributed by atoms with Crippen LogP contribution in [0.4, 0.5) is 5.13 Å². The fraction of sp³-hybridized carbons (Fsp3) is 0.389. The molecule has 1 aromatic carbocycles. The quantitative estimate of drug-likeness (QED) is 0.687. The number of hydrogen-bond donors (Lipinski definition) is 3. The molecular formula is C18H24N4O3S. The normalized spacial score (nSPS) is 11.9. The van der Waals surface area contributed by atoms with E-state index >= 15 is 0 Å². The predicted octanol–water partition coefficient (Wildman–Crippen LogP) is 2.17. The van der Waals surface area contributed by atoms with Gasteiger partial charge in [0, 0.05) is 10.9 Å². The van der Waals surface area contributed by atoms with Gasteiger partial charge in [0.2, 0.25) is 11.8 Å². The molecule has 7 nitrogen and oxygen atoms in total. The summed E-state index contributed by atoms with van der Waals surface area (Å²) in [6.07, 6.45) is 0. The van der Waals surface area contributed by atoms with E-state index in [1.54, 1.807) is 7.11 Å². The first-order valence-corrected chi connectivity index (χ1v) is 9.13. The molecule has 2 amide bonds. The first kappa shape index (κ1) is 19.9. The molecule has 0 spiro atoms. The third kappa shape index (κ3) is 5.03. The third-order valence-corrected chi connectivity index (χ3v) is 4.58. The zero-order chi connectivity index (χ0) is 19.3. The van der Waals surface area contributed by atoms with Gasteiger partial charge >= 0.3 is 0 Å². The Bertz CT molecular complexity index is 788. The number of aromatic nitrogens is 1. The van der Waals surface area contributed by atoms with Crippen molar-refractivity contribution >= 4 is 28.3 Å². The summed E-state index contributed by atoms with van der Waals surface area (Å²) in [6, 6.07) is 5.19. The monoisotopic (exact) mass is 376 g/mol. The van der Waals surface area contributed by atoms with Crippen LogP contribution >= 0.6 is 11.3 Å². The molecule has 0 aliphatic heterocycles. The van der Waals surface area contributed by atoms with Gasteiger partial charge in [0.15, 0.2) is 5.13 Å². The van der Waals surface area contributed by atoms with E-state index < -0.39 is 6.04 Å². The molecule has 0 saturated carbocycles. The summed E-state index contributed by atoms with van der Waals surface area (Å²) in [4.78, 5) is 28.2. The lowest BCUT2D eigenvalue weighted by atomic mass is 10.1. The maximum atomic E-state index is 12.0. The smallest absolute Gasteiger partial charge is 0.245 e. The number of thiazole rings is 1. The van der Waals surface area contributed by atoms with E-state index in [1.165, 1.54) is 11.3 Å². The molecule has 2 rings (SSSR count). The van der Waals surface area contributed by atoms with Gasteiger partial charge < -0.3 is 21.1 Å². The van der Waals surface area contributed by atoms with Crippen LogP contribution in [0.2, 0.25) is 0 Å². The van der Waals surface area contributed by atoms with Crippen LogP contribution in [0, 0.1) is 12.8 Å². The van der Waals surface area contributed by atoms with Crippen molar-refractivity contribution in [1.29, 1.82) is 0 Å². The van der Waals surface area contributed by atoms with Crippen LogP contribution in [0.3, 0.4) is 0 Å². The maximum absolute atomic E-state index is 12.0. The number of nitrogens with one attached hydrogen (secondary N) is 2. The number of carbonyl (C=O) groups excluding carboxylic acids is 2. The van der Waals surface area contributed by atoms with Crippen molar-refractivity contribution in [3.05, 3.63) is 29.1 Å². The highest BCUT2D eigenvalue weighted by atomic mass is 32.1. The standard InChI is InChI=1S/C18H24N4O3S/c1-10(2)16(19)17(24)20-8-15(23)22-18-21-13(9-26-18)12-7-11(3)5-6-14(12)25-4/h5-7,9-10,16H,8,19H2,1-4H3,(H,20,24)(H,21,22,23)/t16-/m0/s1. The fourth-order valence-electron chi connectivity index (χ4n) is 2.23. The molecule has 4 N–H and O–H groups in total. The number of anilines is 1. The van der Waals surface area contributed by atoms with Crippen LogP contribution in [0.1, 0.15) is 19.4 Å². The van der Waals surface area contributed by atoms with E-state index in [9.17, 15) is 9.59 Å². The Labute approximate surface area is 157 Å². The molecular weight excluding hydrogens is 352 g/mol. The van der Waals surface area contributed by atoms with Crippen molar-refractivity contribution in [1.82, 2.24) is 10.3 Å². The topological polar surface area (TPSA) is 106 Å². The van der Waals surface area contributed by atoms with Crippen LogP contribution < -0.4 is 21.1 Å². The fourth-order valence-corrected chi connectivity index (χ4v) is 2.96. The van der Waals surface area contributed by atoms with Gasteiger partial charge in [-0.25, -0.2) is 4.98 Å². The number of ether oxygens (including phenoxy) is 1. The Morgan fingerprint density at radius 1 is 1.35 bits per heavy atom. The van der Waals surface area contributed by atoms with E-state index in [2.05, 4.69) is 15.6 Å². The third-order valence-electron chi connectivity index (χ3n) is 3.83. The van der Waals surface area contributed by atoms with Crippen molar-refractivity contribution in [3.8, 4) is 17.0 Å². The average molecular weight is 376 g/mol. The lowest BCUT2D eigenvalue weighted by Gasteiger charge is -2.14. The summed E-state index contributed by atoms with van der Waals surface area (Å²) < 4.78 is 5.37. The Hall–Kier alpha value is -2.45. The van der Waals surface area contributed by atoms with Gasteiger partial charge in [-0.1, -0.05) is 25.5 Å². The molecule has 0 aliphatic carbocycles. The number of nitrogens with two attached hydrogens (primary N) is 1. The second kappa shape index (κ2) is 8.77. The van der Waals surface area contributed by atoms with Gasteiger partial charge in [0.05, 0.1) is 25.4 Å². The number of methoxy groups -OCH3 is 1. The summed E-state index contributed by atoms with van der Waals surface area (Å²) in [5.41, 5.74) is 8.41. The minimum atomic E-state index is -0.636. The molecule has 1 heterocycles. The number of nitrogens with zero attached hydrogens (tertiary/aromatic N) is 1. The van der Waals surface area contributed by atoms with Gasteiger partial charge in [-0.2, -0.15) is 0 Å². The lowest BCUT2D eigenvalue weighted by Crippen LogP contribution is -2.46. The summed E-state index contributed by atoms with van der Waals surface area (Å²) in [5.74, 6) is 0.0171. The summed E-state index contributed by atoms with van der Waals surface area (Å²) in [6.45, 7) is 5.53. The van der Waals surface area contributed by atoms with Crippen molar-refractivity contribution < 1.29 is 14.3 Å². The van der Waals surface area contributed by atoms with Crippen LogP contribution in [0.25, 0.3) is 11.3 Å². The van der Waals surface area contributed by atoms with E-state index in [0.29, 0.717) is 10.9 Å². The number of rotatable bonds is 7. The number of benzene rings is 1. The molecule has 0 aliphatic rings. The summed E-state index contributed by atoms with van der Waals surface area (Å²) in [7, 11) is 1.60. The first-order valence-electron chi connectivity index (χ1n) is 8.25. The van der Waals surface area contributed by atoms with Crippen molar-refractivity contribution in [3.63, 3.8) is 0 Å². The number of amides is 2. The van der Waals surface area contributed by atoms with Gasteiger partial charge in [-0.15, -0.1) is 11.3 Å². The summed E-state index contributed by atoms with van der Waals surface area (Å²) >= 11 is 1.31. The van der Waals surface area contributed by atoms with Crippen LogP contribution in [-0.4, -0.2) is 36.5 Å². The molecule has 140 valence electrons. The Morgan fingerprint density at radius 2 is 2.08 bits per heavy atom. The minimum Gasteiger partial charge on any atom is -0.496 e. The molecule has 1 atom stereocenters. The largest absolute Gasteiger partial charge is 0.496 e. The second-order valence-corrected chi connectivity index (χ2v) is 7.14. The van der Waals surface area contributed by atoms with Gasteiger partial charge in [0.25, 0.3) is 0 Å². The summed E-state index contributed by atoms with van der Waals surface area (Å²) in [5, 5.41) is 7.51. The average Bonchev–Trinajstić information content (AvgIpc) is 3.07. The van der Waals surface area contributed by atoms with E-state index in [4.69, 9.17) is 10.5 Å². The molecule has 1 aromatic heterocycles. The molecule has 0 radical (unpaired) electrons. The minimum absolute atomic E-state index is 0.00360. The van der Waals surface area contributed by atoms with Crippen LogP contribution in [0.15, 0.2) is 23.6 Å². The van der Waals surface area contributed by atoms with Crippen molar-refractivity contribution in [2.75, 3.05) is 19.0 Å². The van der Waals surface area contributed by atoms with E-state index in [0.717, 1.165) is 16.8 Å². The Balaban J connectivity index is 1.99. The van der Waals surface area contributed by atoms with Crippen LogP contribution in [-0.2, 0) is 9.59 Å². The number of hydrogen-bond acceptors (Lipinski definition) is 6. The first-order chi connectivity index (χ1) is 12.3. The molecule has 8 heteroatoms. The predicted molar refractivity (Wildman–Crippen MR) is 103 cm³/mol. The highest BCUT2D eigenvalue weighted by Crippen LogP contribution is 2.32. The number of carbonyl (C=O) groups is 2. The zero-order valence-corrected chi connectivity index (χ0v) is 16.1. The highest BCUT2D eigenvalue weighted by molar-refractivity contribution is 7.14. The van der Waals surface area contributed by atoms with Crippen molar-refractivity contribution in [2.45, 2.75) is 26.8 Å². The van der Waals surface area contributed by atoms with Gasteiger partial charge in [0.1, 0.15) is 5.75 Å². The molecule has 0 bridgehead atoms. The Kier molecular flexibility index (Phi) is 6.70. The van der Waals surface area contributed by atoms with Gasteiger partial charge in [-0.05, 0) is 25.0 Å². The van der Waals surface area contributed by atoms with Crippen LogP contribution in [0.5, 0.6) is 5.75 Å². The van der Waals surface area contributed by atoms with Gasteiger partial charge in [-0.3, -0.25) is 9.59 Å². The Morgan fingerprint density at radius 3 is 2.73 bits per heavy atom. The van der Waals surface area contributed by atoms with E-state index in [1.807, 2.05) is 44.4 Å². The molecule has 0 fully saturated rings. The lowest BCUT2D eigenvalue weighted by molar-refractivity contribution is -0.125. The maximum Gasteiger partial charge on any atom is 0.245 e. The highest BCUT2D eigenvalue weighted by Gasteiger charge is 2.18. The molecule has 0 unspecified atom stereocenters. The van der Waals surface area contributed by atoms with Crippen molar-refractivity contribution in [2.24, 2.45) is 11.7 Å². The molecule has 26 heavy (non-hydrogen) atoms. The molecule has 2 aromatic rings. The zero-order valence-electron chi connectivity index (χ0n) is 15.3.